The first-order valence-corrected chi connectivity index (χ1v) is 7.84. The van der Waals surface area contributed by atoms with Crippen molar-refractivity contribution in [3.8, 4) is 0 Å². The third-order valence-corrected chi connectivity index (χ3v) is 5.85. The molecule has 0 amide bonds. The number of aliphatic hydroxyl groups excluding tert-OH is 1. The van der Waals surface area contributed by atoms with Crippen LogP contribution in [0.4, 0.5) is 4.39 Å². The van der Waals surface area contributed by atoms with Crippen molar-refractivity contribution in [1.29, 1.82) is 0 Å². The minimum atomic E-state index is -4.13. The van der Waals surface area contributed by atoms with Gasteiger partial charge in [0, 0.05) is 17.4 Å². The van der Waals surface area contributed by atoms with Gasteiger partial charge in [0.2, 0.25) is 10.0 Å². The first kappa shape index (κ1) is 15.4. The summed E-state index contributed by atoms with van der Waals surface area (Å²) in [6.45, 7) is -0.302. The normalized spacial score (nSPS) is 23.9. The van der Waals surface area contributed by atoms with Crippen molar-refractivity contribution in [2.45, 2.75) is 23.5 Å². The van der Waals surface area contributed by atoms with Crippen LogP contribution < -0.4 is 0 Å². The largest absolute Gasteiger partial charge is 0.480 e. The first-order valence-electron chi connectivity index (χ1n) is 5.61. The molecule has 0 spiro atoms. The highest BCUT2D eigenvalue weighted by Crippen LogP contribution is 2.31. The van der Waals surface area contributed by atoms with Crippen LogP contribution in [0.25, 0.3) is 0 Å². The number of aliphatic hydroxyl groups is 1. The summed E-state index contributed by atoms with van der Waals surface area (Å²) in [5, 5.41) is 18.5. The van der Waals surface area contributed by atoms with Gasteiger partial charge in [-0.1, -0.05) is 0 Å². The van der Waals surface area contributed by atoms with Crippen LogP contribution >= 0.6 is 15.9 Å². The maximum Gasteiger partial charge on any atom is 0.322 e. The molecule has 1 fully saturated rings. The minimum absolute atomic E-state index is 0.00280. The Morgan fingerprint density at radius 2 is 2.10 bits per heavy atom. The molecular weight excluding hydrogens is 357 g/mol. The van der Waals surface area contributed by atoms with Gasteiger partial charge in [-0.05, 0) is 34.1 Å². The Bertz CT molecular complexity index is 650. The summed E-state index contributed by atoms with van der Waals surface area (Å²) in [6.07, 6.45) is -1.21. The van der Waals surface area contributed by atoms with Crippen LogP contribution in [0.1, 0.15) is 6.42 Å². The molecule has 0 radical (unpaired) electrons. The van der Waals surface area contributed by atoms with E-state index in [2.05, 4.69) is 15.9 Å². The van der Waals surface area contributed by atoms with Crippen molar-refractivity contribution in [1.82, 2.24) is 4.31 Å². The molecule has 1 saturated heterocycles. The Hall–Kier alpha value is -1.03. The van der Waals surface area contributed by atoms with Gasteiger partial charge in [-0.3, -0.25) is 4.79 Å². The van der Waals surface area contributed by atoms with E-state index in [0.717, 1.165) is 22.5 Å². The average molecular weight is 368 g/mol. The lowest BCUT2D eigenvalue weighted by molar-refractivity contribution is -0.140. The number of aliphatic carboxylic acids is 1. The van der Waals surface area contributed by atoms with E-state index in [4.69, 9.17) is 5.11 Å². The fourth-order valence-corrected chi connectivity index (χ4v) is 4.73. The smallest absolute Gasteiger partial charge is 0.322 e. The third-order valence-electron chi connectivity index (χ3n) is 3.00. The van der Waals surface area contributed by atoms with E-state index in [1.807, 2.05) is 0 Å². The van der Waals surface area contributed by atoms with Crippen LogP contribution in [0.5, 0.6) is 0 Å². The zero-order chi connectivity index (χ0) is 15.1. The topological polar surface area (TPSA) is 94.9 Å². The second kappa shape index (κ2) is 5.40. The number of carbonyl (C=O) groups is 1. The highest BCUT2D eigenvalue weighted by Gasteiger charge is 2.44. The second-order valence-corrected chi connectivity index (χ2v) is 7.11. The summed E-state index contributed by atoms with van der Waals surface area (Å²) in [4.78, 5) is 10.8. The van der Waals surface area contributed by atoms with Crippen LogP contribution in [0.15, 0.2) is 27.6 Å². The van der Waals surface area contributed by atoms with Crippen molar-refractivity contribution >= 4 is 31.9 Å². The molecule has 2 rings (SSSR count). The molecule has 1 heterocycles. The summed E-state index contributed by atoms with van der Waals surface area (Å²) in [5.41, 5.74) is 0. The number of halogens is 2. The summed E-state index contributed by atoms with van der Waals surface area (Å²) in [6, 6.07) is 1.68. The van der Waals surface area contributed by atoms with E-state index in [1.54, 1.807) is 0 Å². The fraction of sp³-hybridized carbons (Fsp3) is 0.364. The number of nitrogens with zero attached hydrogens (tertiary/aromatic N) is 1. The molecular formula is C11H11BrFNO5S. The maximum absolute atomic E-state index is 13.0. The summed E-state index contributed by atoms with van der Waals surface area (Å²) in [5.74, 6) is -1.95. The molecule has 1 aromatic carbocycles. The standard InChI is InChI=1S/C11H11BrFNO5S/c12-8-3-6(13)1-2-10(8)20(18,19)14-5-7(15)4-9(14)11(16)17/h1-3,7,9,15H,4-5H2,(H,16,17). The molecule has 20 heavy (non-hydrogen) atoms. The van der Waals surface area contributed by atoms with E-state index >= 15 is 0 Å². The molecule has 2 atom stereocenters. The summed E-state index contributed by atoms with van der Waals surface area (Å²) >= 11 is 2.95. The molecule has 0 bridgehead atoms. The molecule has 0 aliphatic carbocycles. The van der Waals surface area contributed by atoms with Crippen molar-refractivity contribution in [2.75, 3.05) is 6.54 Å². The van der Waals surface area contributed by atoms with Gasteiger partial charge < -0.3 is 10.2 Å². The molecule has 0 aromatic heterocycles. The molecule has 9 heteroatoms. The highest BCUT2D eigenvalue weighted by molar-refractivity contribution is 9.10. The maximum atomic E-state index is 13.0. The molecule has 6 nitrogen and oxygen atoms in total. The number of hydrogen-bond acceptors (Lipinski definition) is 4. The Balaban J connectivity index is 2.46. The Labute approximate surface area is 123 Å². The van der Waals surface area contributed by atoms with Crippen LogP contribution in [0, 0.1) is 5.82 Å². The lowest BCUT2D eigenvalue weighted by Gasteiger charge is -2.21. The molecule has 1 aromatic rings. The zero-order valence-corrected chi connectivity index (χ0v) is 12.4. The zero-order valence-electron chi connectivity index (χ0n) is 10.0. The Morgan fingerprint density at radius 1 is 1.45 bits per heavy atom. The van der Waals surface area contributed by atoms with Crippen LogP contribution in [0.3, 0.4) is 0 Å². The Kier molecular flexibility index (Phi) is 4.14. The van der Waals surface area contributed by atoms with Gasteiger partial charge in [0.25, 0.3) is 0 Å². The van der Waals surface area contributed by atoms with E-state index in [9.17, 15) is 22.7 Å². The summed E-state index contributed by atoms with van der Waals surface area (Å²) < 4.78 is 38.6. The molecule has 2 N–H and O–H groups in total. The predicted octanol–water partition coefficient (Wildman–Crippen LogP) is 0.797. The highest BCUT2D eigenvalue weighted by atomic mass is 79.9. The lowest BCUT2D eigenvalue weighted by atomic mass is 10.2. The van der Waals surface area contributed by atoms with Crippen molar-refractivity contribution in [3.63, 3.8) is 0 Å². The molecule has 1 aliphatic heterocycles. The summed E-state index contributed by atoms with van der Waals surface area (Å²) in [7, 11) is -4.13. The lowest BCUT2D eigenvalue weighted by Crippen LogP contribution is -2.40. The number of sulfonamides is 1. The Morgan fingerprint density at radius 3 is 2.65 bits per heavy atom. The van der Waals surface area contributed by atoms with Crippen molar-refractivity contribution < 1.29 is 27.8 Å². The third kappa shape index (κ3) is 2.71. The second-order valence-electron chi connectivity index (χ2n) is 4.39. The number of benzene rings is 1. The predicted molar refractivity (Wildman–Crippen MR) is 70.0 cm³/mol. The van der Waals surface area contributed by atoms with E-state index < -0.39 is 34.0 Å². The van der Waals surface area contributed by atoms with Gasteiger partial charge in [0.05, 0.1) is 11.0 Å². The quantitative estimate of drug-likeness (QED) is 0.823. The van der Waals surface area contributed by atoms with Gasteiger partial charge in [0.15, 0.2) is 0 Å². The van der Waals surface area contributed by atoms with Crippen LogP contribution in [-0.2, 0) is 14.8 Å². The van der Waals surface area contributed by atoms with E-state index in [-0.39, 0.29) is 22.3 Å². The van der Waals surface area contributed by atoms with Crippen molar-refractivity contribution in [3.05, 3.63) is 28.5 Å². The van der Waals surface area contributed by atoms with E-state index in [0.29, 0.717) is 0 Å². The van der Waals surface area contributed by atoms with Gasteiger partial charge in [-0.2, -0.15) is 4.31 Å². The van der Waals surface area contributed by atoms with Gasteiger partial charge in [-0.15, -0.1) is 0 Å². The van der Waals surface area contributed by atoms with Gasteiger partial charge in [0.1, 0.15) is 11.9 Å². The van der Waals surface area contributed by atoms with E-state index in [1.165, 1.54) is 0 Å². The monoisotopic (exact) mass is 367 g/mol. The van der Waals surface area contributed by atoms with Crippen LogP contribution in [-0.4, -0.2) is 47.6 Å². The molecule has 2 unspecified atom stereocenters. The average Bonchev–Trinajstić information content (AvgIpc) is 2.71. The van der Waals surface area contributed by atoms with Crippen LogP contribution in [0.2, 0.25) is 0 Å². The minimum Gasteiger partial charge on any atom is -0.480 e. The number of rotatable bonds is 3. The SMILES string of the molecule is O=C(O)C1CC(O)CN1S(=O)(=O)c1ccc(F)cc1Br. The number of β-amino-alcohol motifs (C(OH)–C–C–N with tert-alkyl or cyclic N) is 1. The van der Waals surface area contributed by atoms with Crippen molar-refractivity contribution in [2.24, 2.45) is 0 Å². The number of carboxylic acids is 1. The van der Waals surface area contributed by atoms with Gasteiger partial charge >= 0.3 is 5.97 Å². The molecule has 110 valence electrons. The fourth-order valence-electron chi connectivity index (χ4n) is 2.09. The number of hydrogen-bond donors (Lipinski definition) is 2. The molecule has 0 saturated carbocycles. The van der Waals surface area contributed by atoms with Gasteiger partial charge in [-0.25, -0.2) is 12.8 Å². The number of carboxylic acid groups (broad SMARTS) is 1. The molecule has 1 aliphatic rings. The first-order chi connectivity index (χ1) is 9.23.